The number of hydrogen-bond donors (Lipinski definition) is 3. The molecule has 3 nitrogen and oxygen atoms in total. The molecule has 2 aromatic rings. The molecule has 122 valence electrons. The van der Waals surface area contributed by atoms with Gasteiger partial charge in [0.2, 0.25) is 0 Å². The molecule has 23 heavy (non-hydrogen) atoms. The van der Waals surface area contributed by atoms with Gasteiger partial charge in [0.1, 0.15) is 0 Å². The van der Waals surface area contributed by atoms with Crippen molar-refractivity contribution in [3.8, 4) is 11.5 Å². The number of nitrogens with one attached hydrogen (secondary N) is 1. The van der Waals surface area contributed by atoms with Crippen LogP contribution in [0.2, 0.25) is 0 Å². The second-order valence-corrected chi connectivity index (χ2v) is 8.05. The Bertz CT molecular complexity index is 752. The zero-order chi connectivity index (χ0) is 16.1. The van der Waals surface area contributed by atoms with Crippen molar-refractivity contribution in [2.45, 2.75) is 57.5 Å². The molecule has 1 aliphatic heterocycles. The number of phenolic OH excluding ortho intramolecular Hbond substituents is 2. The first-order valence-corrected chi connectivity index (χ1v) is 9.30. The lowest BCUT2D eigenvalue weighted by molar-refractivity contribution is 0.382. The van der Waals surface area contributed by atoms with Crippen LogP contribution in [-0.2, 0) is 13.0 Å². The van der Waals surface area contributed by atoms with Crippen LogP contribution in [0, 0.1) is 0 Å². The molecule has 1 aliphatic carbocycles. The van der Waals surface area contributed by atoms with E-state index >= 15 is 0 Å². The molecule has 0 saturated carbocycles. The lowest BCUT2D eigenvalue weighted by Crippen LogP contribution is -2.41. The average Bonchev–Trinajstić information content (AvgIpc) is 2.99. The van der Waals surface area contributed by atoms with E-state index in [0.29, 0.717) is 17.9 Å². The maximum Gasteiger partial charge on any atom is 0.157 e. The van der Waals surface area contributed by atoms with Crippen LogP contribution in [0.3, 0.4) is 0 Å². The Balaban J connectivity index is 1.83. The maximum atomic E-state index is 9.98. The minimum atomic E-state index is -0.00565. The van der Waals surface area contributed by atoms with Gasteiger partial charge in [-0.05, 0) is 60.1 Å². The molecule has 1 unspecified atom stereocenters. The van der Waals surface area contributed by atoms with Crippen LogP contribution in [0.4, 0.5) is 0 Å². The summed E-state index contributed by atoms with van der Waals surface area (Å²) in [6.07, 6.45) is 3.19. The van der Waals surface area contributed by atoms with E-state index in [2.05, 4.69) is 25.2 Å². The van der Waals surface area contributed by atoms with E-state index in [-0.39, 0.29) is 11.5 Å². The molecule has 4 heteroatoms. The molecule has 0 fully saturated rings. The highest BCUT2D eigenvalue weighted by molar-refractivity contribution is 7.12. The number of fused-ring (bicyclic) bond motifs is 5. The highest BCUT2D eigenvalue weighted by Crippen LogP contribution is 2.47. The first kappa shape index (κ1) is 15.0. The number of hydrogen-bond acceptors (Lipinski definition) is 4. The topological polar surface area (TPSA) is 52.5 Å². The molecule has 0 spiro atoms. The van der Waals surface area contributed by atoms with E-state index in [9.17, 15) is 10.2 Å². The maximum absolute atomic E-state index is 9.98. The van der Waals surface area contributed by atoms with Crippen molar-refractivity contribution in [3.63, 3.8) is 0 Å². The minimum absolute atomic E-state index is 0.00296. The molecule has 2 aliphatic rings. The molecule has 0 bridgehead atoms. The van der Waals surface area contributed by atoms with Crippen molar-refractivity contribution in [2.75, 3.05) is 0 Å². The second-order valence-electron chi connectivity index (χ2n) is 6.88. The van der Waals surface area contributed by atoms with Crippen molar-refractivity contribution in [1.29, 1.82) is 0 Å². The van der Waals surface area contributed by atoms with E-state index in [1.165, 1.54) is 26.4 Å². The van der Waals surface area contributed by atoms with Crippen LogP contribution in [-0.4, -0.2) is 16.3 Å². The first-order chi connectivity index (χ1) is 11.1. The molecule has 1 aromatic heterocycles. The smallest absolute Gasteiger partial charge is 0.157 e. The average molecular weight is 329 g/mol. The van der Waals surface area contributed by atoms with Gasteiger partial charge in [0.25, 0.3) is 0 Å². The number of aromatic hydroxyl groups is 2. The predicted octanol–water partition coefficient (Wildman–Crippen LogP) is 4.22. The predicted molar refractivity (Wildman–Crippen MR) is 93.6 cm³/mol. The number of rotatable bonds is 2. The largest absolute Gasteiger partial charge is 0.504 e. The van der Waals surface area contributed by atoms with E-state index < -0.39 is 0 Å². The molecule has 3 N–H and O–H groups in total. The number of benzene rings is 1. The zero-order valence-electron chi connectivity index (χ0n) is 13.6. The molecular formula is C19H23NO2S. The lowest BCUT2D eigenvalue weighted by atomic mass is 9.74. The summed E-state index contributed by atoms with van der Waals surface area (Å²) in [5, 5.41) is 23.5. The molecule has 0 saturated heterocycles. The Morgan fingerprint density at radius 1 is 1.22 bits per heavy atom. The molecule has 3 atom stereocenters. The molecule has 2 heterocycles. The van der Waals surface area contributed by atoms with Gasteiger partial charge in [0.05, 0.1) is 0 Å². The fourth-order valence-corrected chi connectivity index (χ4v) is 5.27. The van der Waals surface area contributed by atoms with Crippen LogP contribution in [0.25, 0.3) is 0 Å². The van der Waals surface area contributed by atoms with Gasteiger partial charge in [-0.2, -0.15) is 0 Å². The van der Waals surface area contributed by atoms with E-state index in [1.54, 1.807) is 12.1 Å². The van der Waals surface area contributed by atoms with Gasteiger partial charge >= 0.3 is 0 Å². The first-order valence-electron chi connectivity index (χ1n) is 8.49. The summed E-state index contributed by atoms with van der Waals surface area (Å²) in [6.45, 7) is 5.49. The molecule has 1 aromatic carbocycles. The van der Waals surface area contributed by atoms with Gasteiger partial charge < -0.3 is 15.5 Å². The summed E-state index contributed by atoms with van der Waals surface area (Å²) in [4.78, 5) is 2.90. The fraction of sp³-hybridized carbons (Fsp3) is 0.474. The summed E-state index contributed by atoms with van der Waals surface area (Å²) >= 11 is 1.93. The molecular weight excluding hydrogens is 306 g/mol. The quantitative estimate of drug-likeness (QED) is 0.723. The summed E-state index contributed by atoms with van der Waals surface area (Å²) in [6, 6.07) is 6.35. The van der Waals surface area contributed by atoms with Gasteiger partial charge in [-0.25, -0.2) is 0 Å². The van der Waals surface area contributed by atoms with Gasteiger partial charge in [-0.15, -0.1) is 11.3 Å². The molecule has 0 amide bonds. The summed E-state index contributed by atoms with van der Waals surface area (Å²) in [5.74, 6) is 0.883. The van der Waals surface area contributed by atoms with Gasteiger partial charge in [-0.3, -0.25) is 0 Å². The summed E-state index contributed by atoms with van der Waals surface area (Å²) in [7, 11) is 0. The van der Waals surface area contributed by atoms with Crippen molar-refractivity contribution in [1.82, 2.24) is 5.32 Å². The minimum Gasteiger partial charge on any atom is -0.504 e. The van der Waals surface area contributed by atoms with E-state index in [0.717, 1.165) is 25.8 Å². The van der Waals surface area contributed by atoms with Crippen LogP contribution < -0.4 is 5.32 Å². The van der Waals surface area contributed by atoms with Crippen molar-refractivity contribution < 1.29 is 10.2 Å². The highest BCUT2D eigenvalue weighted by Gasteiger charge is 2.37. The third-order valence-electron chi connectivity index (χ3n) is 5.52. The zero-order valence-corrected chi connectivity index (χ0v) is 14.4. The van der Waals surface area contributed by atoms with Crippen LogP contribution in [0.15, 0.2) is 18.2 Å². The van der Waals surface area contributed by atoms with Crippen LogP contribution in [0.5, 0.6) is 11.5 Å². The lowest BCUT2D eigenvalue weighted by Gasteiger charge is -2.38. The van der Waals surface area contributed by atoms with Gasteiger partial charge in [-0.1, -0.05) is 13.8 Å². The standard InChI is InChI=1S/C19H23NO2S/c1-3-10(2)17-8-13-18(23-17)9-20-14-5-4-11-6-15(21)16(22)7-12(11)19(13)14/h6-8,10,14,19-22H,3-5,9H2,1-2H3/t10?,14-,19+/m1/s1. The Morgan fingerprint density at radius 3 is 2.78 bits per heavy atom. The van der Waals surface area contributed by atoms with E-state index in [4.69, 9.17) is 0 Å². The Hall–Kier alpha value is -1.52. The second kappa shape index (κ2) is 5.53. The third kappa shape index (κ3) is 2.36. The SMILES string of the molecule is CCC(C)c1cc2c(s1)CN[C@@H]1CCc3cc(O)c(O)cc3[C@@H]21. The Labute approximate surface area is 141 Å². The Kier molecular flexibility index (Phi) is 3.62. The Morgan fingerprint density at radius 2 is 2.00 bits per heavy atom. The normalized spacial score (nSPS) is 23.7. The summed E-state index contributed by atoms with van der Waals surface area (Å²) in [5.41, 5.74) is 3.78. The van der Waals surface area contributed by atoms with E-state index in [1.807, 2.05) is 11.3 Å². The van der Waals surface area contributed by atoms with Gasteiger partial charge in [0.15, 0.2) is 11.5 Å². The number of aryl methyl sites for hydroxylation is 1. The fourth-order valence-electron chi connectivity index (χ4n) is 3.97. The summed E-state index contributed by atoms with van der Waals surface area (Å²) < 4.78 is 0. The highest BCUT2D eigenvalue weighted by atomic mass is 32.1. The van der Waals surface area contributed by atoms with Crippen molar-refractivity contribution in [3.05, 3.63) is 44.6 Å². The van der Waals surface area contributed by atoms with Crippen molar-refractivity contribution in [2.24, 2.45) is 0 Å². The number of thiophene rings is 1. The van der Waals surface area contributed by atoms with Crippen LogP contribution >= 0.6 is 11.3 Å². The van der Waals surface area contributed by atoms with Gasteiger partial charge in [0, 0.05) is 28.3 Å². The monoisotopic (exact) mass is 329 g/mol. The molecule has 0 radical (unpaired) electrons. The van der Waals surface area contributed by atoms with Crippen LogP contribution in [0.1, 0.15) is 65.0 Å². The van der Waals surface area contributed by atoms with Crippen molar-refractivity contribution >= 4 is 11.3 Å². The third-order valence-corrected chi connectivity index (χ3v) is 6.90. The molecule has 4 rings (SSSR count). The number of phenols is 2.